The number of Topliss-reactive ketones (excluding diaryl/α,β-unsaturated/α-hetero) is 1. The van der Waals surface area contributed by atoms with Gasteiger partial charge >= 0.3 is 0 Å². The van der Waals surface area contributed by atoms with Crippen LogP contribution in [0.1, 0.15) is 17.3 Å². The fraction of sp³-hybridized carbons (Fsp3) is 0.231. The molecule has 0 aliphatic heterocycles. The smallest absolute Gasteiger partial charge is 0.241 e. The first-order valence-electron chi connectivity index (χ1n) is 5.57. The van der Waals surface area contributed by atoms with E-state index in [2.05, 4.69) is 4.98 Å². The summed E-state index contributed by atoms with van der Waals surface area (Å²) >= 11 is 0. The first-order chi connectivity index (χ1) is 8.29. The van der Waals surface area contributed by atoms with Gasteiger partial charge in [0.05, 0.1) is 6.61 Å². The van der Waals surface area contributed by atoms with Crippen LogP contribution in [0.2, 0.25) is 0 Å². The summed E-state index contributed by atoms with van der Waals surface area (Å²) in [6, 6.07) is 7.26. The number of nitrogens with one attached hydrogen (secondary N) is 1. The van der Waals surface area contributed by atoms with Crippen molar-refractivity contribution in [2.45, 2.75) is 13.5 Å². The average molecular weight is 311 g/mol. The highest BCUT2D eigenvalue weighted by molar-refractivity contribution is 5.95. The van der Waals surface area contributed by atoms with Gasteiger partial charge in [-0.25, -0.2) is 4.57 Å². The molecule has 18 heavy (non-hydrogen) atoms. The van der Waals surface area contributed by atoms with E-state index < -0.39 is 0 Å². The highest BCUT2D eigenvalue weighted by Crippen LogP contribution is 2.13. The number of hydrogen-bond acceptors (Lipinski definition) is 2. The Morgan fingerprint density at radius 1 is 1.44 bits per heavy atom. The lowest BCUT2D eigenvalue weighted by Gasteiger charge is -2.04. The highest BCUT2D eigenvalue weighted by atomic mass is 79.9. The van der Waals surface area contributed by atoms with E-state index >= 15 is 0 Å². The summed E-state index contributed by atoms with van der Waals surface area (Å²) in [5.74, 6) is 0.800. The van der Waals surface area contributed by atoms with Gasteiger partial charge in [0, 0.05) is 5.56 Å². The van der Waals surface area contributed by atoms with Crippen molar-refractivity contribution >= 4 is 5.78 Å². The molecular formula is C13H15BrN2O2. The molecule has 0 aliphatic rings. The van der Waals surface area contributed by atoms with E-state index in [0.717, 1.165) is 5.75 Å². The first-order valence-corrected chi connectivity index (χ1v) is 5.57. The number of aromatic amines is 1. The fourth-order valence-corrected chi connectivity index (χ4v) is 1.60. The van der Waals surface area contributed by atoms with Gasteiger partial charge in [-0.05, 0) is 19.1 Å². The number of hydrogen-bond donors (Lipinski definition) is 1. The fourth-order valence-electron chi connectivity index (χ4n) is 1.60. The Balaban J connectivity index is 0.00000162. The summed E-state index contributed by atoms with van der Waals surface area (Å²) in [6.45, 7) is 2.85. The maximum absolute atomic E-state index is 12.0. The predicted molar refractivity (Wildman–Crippen MR) is 62.9 cm³/mol. The molecule has 1 aromatic heterocycles. The number of nitrogens with zero attached hydrogens (tertiary/aromatic N) is 1. The average Bonchev–Trinajstić information content (AvgIpc) is 2.83. The molecule has 2 rings (SSSR count). The zero-order valence-electron chi connectivity index (χ0n) is 10.1. The molecule has 0 saturated heterocycles. The van der Waals surface area contributed by atoms with Crippen molar-refractivity contribution in [1.29, 1.82) is 0 Å². The Hall–Kier alpha value is -1.62. The minimum atomic E-state index is 0. The monoisotopic (exact) mass is 310 g/mol. The van der Waals surface area contributed by atoms with Gasteiger partial charge in [0.15, 0.2) is 6.54 Å². The standard InChI is InChI=1S/C13H14N2O2.BrH/c1-2-17-12-5-3-4-11(8-12)13(16)9-15-7-6-14-10-15;/h3-8,10H,2,9H2,1H3;1H. The summed E-state index contributed by atoms with van der Waals surface area (Å²) in [5.41, 5.74) is 0.671. The number of carbonyl (C=O) groups excluding carboxylic acids is 1. The third kappa shape index (κ3) is 3.70. The molecule has 0 unspecified atom stereocenters. The van der Waals surface area contributed by atoms with Crippen LogP contribution >= 0.6 is 0 Å². The van der Waals surface area contributed by atoms with E-state index in [4.69, 9.17) is 4.74 Å². The second-order valence-electron chi connectivity index (χ2n) is 3.67. The van der Waals surface area contributed by atoms with Gasteiger partial charge in [0.25, 0.3) is 0 Å². The third-order valence-electron chi connectivity index (χ3n) is 2.40. The van der Waals surface area contributed by atoms with Gasteiger partial charge in [-0.15, -0.1) is 0 Å². The number of ketones is 1. The van der Waals surface area contributed by atoms with Crippen LogP contribution in [0.15, 0.2) is 43.0 Å². The predicted octanol–water partition coefficient (Wildman–Crippen LogP) is -1.41. The van der Waals surface area contributed by atoms with Crippen molar-refractivity contribution in [2.75, 3.05) is 6.61 Å². The molecule has 0 fully saturated rings. The Morgan fingerprint density at radius 3 is 2.94 bits per heavy atom. The van der Waals surface area contributed by atoms with Crippen LogP contribution in [0.3, 0.4) is 0 Å². The van der Waals surface area contributed by atoms with Crippen LogP contribution in [0, 0.1) is 0 Å². The van der Waals surface area contributed by atoms with Crippen molar-refractivity contribution in [3.05, 3.63) is 48.5 Å². The minimum absolute atomic E-state index is 0. The van der Waals surface area contributed by atoms with Crippen LogP contribution in [0.5, 0.6) is 5.75 Å². The summed E-state index contributed by atoms with van der Waals surface area (Å²) in [5, 5.41) is 0. The first kappa shape index (κ1) is 14.4. The molecule has 0 aliphatic carbocycles. The van der Waals surface area contributed by atoms with E-state index in [1.165, 1.54) is 0 Å². The minimum Gasteiger partial charge on any atom is -1.00 e. The molecule has 0 atom stereocenters. The second kappa shape index (κ2) is 6.96. The maximum atomic E-state index is 12.0. The van der Waals surface area contributed by atoms with Gasteiger partial charge in [0.2, 0.25) is 12.1 Å². The summed E-state index contributed by atoms with van der Waals surface area (Å²) in [4.78, 5) is 14.9. The van der Waals surface area contributed by atoms with Crippen molar-refractivity contribution in [1.82, 2.24) is 4.98 Å². The molecule has 96 valence electrons. The molecule has 0 spiro atoms. The highest BCUT2D eigenvalue weighted by Gasteiger charge is 2.10. The number of imidazole rings is 1. The number of ether oxygens (including phenoxy) is 1. The molecule has 1 N–H and O–H groups in total. The third-order valence-corrected chi connectivity index (χ3v) is 2.40. The lowest BCUT2D eigenvalue weighted by molar-refractivity contribution is -0.681. The quantitative estimate of drug-likeness (QED) is 0.545. The van der Waals surface area contributed by atoms with Gasteiger partial charge in [-0.2, -0.15) is 0 Å². The van der Waals surface area contributed by atoms with Crippen LogP contribution in [-0.2, 0) is 6.54 Å². The molecule has 4 nitrogen and oxygen atoms in total. The normalized spacial score (nSPS) is 9.61. The Kier molecular flexibility index (Phi) is 5.58. The molecule has 0 saturated carbocycles. The molecule has 2 aromatic rings. The van der Waals surface area contributed by atoms with Crippen molar-refractivity contribution in [2.24, 2.45) is 0 Å². The van der Waals surface area contributed by atoms with Crippen LogP contribution in [-0.4, -0.2) is 17.4 Å². The van der Waals surface area contributed by atoms with Gasteiger partial charge in [-0.3, -0.25) is 9.78 Å². The molecule has 0 radical (unpaired) electrons. The van der Waals surface area contributed by atoms with Crippen molar-refractivity contribution in [3.8, 4) is 5.75 Å². The van der Waals surface area contributed by atoms with Crippen LogP contribution in [0.4, 0.5) is 0 Å². The zero-order valence-corrected chi connectivity index (χ0v) is 11.7. The zero-order chi connectivity index (χ0) is 12.1. The summed E-state index contributed by atoms with van der Waals surface area (Å²) < 4.78 is 7.17. The maximum Gasteiger partial charge on any atom is 0.241 e. The van der Waals surface area contributed by atoms with Crippen molar-refractivity contribution < 1.29 is 31.1 Å². The van der Waals surface area contributed by atoms with Gasteiger partial charge in [-0.1, -0.05) is 12.1 Å². The van der Waals surface area contributed by atoms with E-state index in [-0.39, 0.29) is 22.8 Å². The van der Waals surface area contributed by atoms with Crippen molar-refractivity contribution in [3.63, 3.8) is 0 Å². The van der Waals surface area contributed by atoms with E-state index in [9.17, 15) is 4.79 Å². The number of carbonyl (C=O) groups is 1. The lowest BCUT2D eigenvalue weighted by Crippen LogP contribution is -3.00. The van der Waals surface area contributed by atoms with Gasteiger partial charge < -0.3 is 21.7 Å². The van der Waals surface area contributed by atoms with E-state index in [1.54, 1.807) is 29.2 Å². The Morgan fingerprint density at radius 2 is 2.28 bits per heavy atom. The molecule has 1 heterocycles. The topological polar surface area (TPSA) is 46.0 Å². The number of rotatable bonds is 5. The number of halogens is 1. The van der Waals surface area contributed by atoms with E-state index in [1.807, 2.05) is 25.3 Å². The Labute approximate surface area is 116 Å². The number of aromatic nitrogens is 2. The second-order valence-corrected chi connectivity index (χ2v) is 3.67. The molecule has 0 bridgehead atoms. The molecular weight excluding hydrogens is 296 g/mol. The SMILES string of the molecule is CCOc1cccc(C(=O)C[n+]2cc[nH]c2)c1.[Br-]. The van der Waals surface area contributed by atoms with Gasteiger partial charge in [0.1, 0.15) is 18.1 Å². The van der Waals surface area contributed by atoms with Crippen LogP contribution < -0.4 is 26.3 Å². The molecule has 1 aromatic carbocycles. The number of H-pyrrole nitrogens is 1. The summed E-state index contributed by atoms with van der Waals surface area (Å²) in [6.07, 6.45) is 5.36. The Bertz CT molecular complexity index is 497. The van der Waals surface area contributed by atoms with E-state index in [0.29, 0.717) is 18.7 Å². The summed E-state index contributed by atoms with van der Waals surface area (Å²) in [7, 11) is 0. The molecule has 0 amide bonds. The molecule has 5 heteroatoms. The lowest BCUT2D eigenvalue weighted by atomic mass is 10.1. The number of benzene rings is 1. The van der Waals surface area contributed by atoms with Crippen LogP contribution in [0.25, 0.3) is 0 Å². The largest absolute Gasteiger partial charge is 1.00 e.